The minimum absolute atomic E-state index is 0.131. The van der Waals surface area contributed by atoms with Crippen molar-refractivity contribution in [2.24, 2.45) is 5.92 Å². The standard InChI is InChI=1S/C18H19F2N3O3/c1-26-13-6-2-4-11(8-13)14-9-15(16(19)20)22-18(21-14)23-7-3-5-12(10-23)17(24)25/h2,4,6,8-9,12,16H,3,5,7,10H2,1H3,(H,24,25). The van der Waals surface area contributed by atoms with Crippen LogP contribution in [-0.4, -0.2) is 41.2 Å². The smallest absolute Gasteiger partial charge is 0.308 e. The highest BCUT2D eigenvalue weighted by atomic mass is 19.3. The molecule has 0 saturated carbocycles. The lowest BCUT2D eigenvalue weighted by Gasteiger charge is -2.31. The summed E-state index contributed by atoms with van der Waals surface area (Å²) in [6, 6.07) is 8.21. The van der Waals surface area contributed by atoms with Crippen molar-refractivity contribution in [1.29, 1.82) is 0 Å². The maximum Gasteiger partial charge on any atom is 0.308 e. The topological polar surface area (TPSA) is 75.5 Å². The predicted octanol–water partition coefficient (Wildman–Crippen LogP) is 3.39. The number of rotatable bonds is 5. The summed E-state index contributed by atoms with van der Waals surface area (Å²) in [5.41, 5.74) is 0.591. The number of methoxy groups -OCH3 is 1. The van der Waals surface area contributed by atoms with Crippen molar-refractivity contribution < 1.29 is 23.4 Å². The summed E-state index contributed by atoms with van der Waals surface area (Å²) in [5, 5.41) is 9.23. The van der Waals surface area contributed by atoms with E-state index >= 15 is 0 Å². The minimum Gasteiger partial charge on any atom is -0.497 e. The Balaban J connectivity index is 2.00. The number of halogens is 2. The van der Waals surface area contributed by atoms with Gasteiger partial charge in [-0.15, -0.1) is 0 Å². The molecule has 1 atom stereocenters. The van der Waals surface area contributed by atoms with Crippen molar-refractivity contribution >= 4 is 11.9 Å². The van der Waals surface area contributed by atoms with Crippen LogP contribution in [0.1, 0.15) is 25.0 Å². The van der Waals surface area contributed by atoms with Gasteiger partial charge in [0.1, 0.15) is 11.4 Å². The average Bonchev–Trinajstić information content (AvgIpc) is 2.67. The van der Waals surface area contributed by atoms with E-state index in [2.05, 4.69) is 9.97 Å². The lowest BCUT2D eigenvalue weighted by atomic mass is 9.99. The molecular formula is C18H19F2N3O3. The molecule has 0 spiro atoms. The molecule has 0 bridgehead atoms. The Labute approximate surface area is 149 Å². The second-order valence-electron chi connectivity index (χ2n) is 6.13. The molecule has 1 aliphatic heterocycles. The molecule has 6 nitrogen and oxygen atoms in total. The molecule has 0 aliphatic carbocycles. The van der Waals surface area contributed by atoms with Crippen LogP contribution >= 0.6 is 0 Å². The number of carboxylic acid groups (broad SMARTS) is 1. The van der Waals surface area contributed by atoms with E-state index in [0.29, 0.717) is 36.4 Å². The highest BCUT2D eigenvalue weighted by Gasteiger charge is 2.28. The van der Waals surface area contributed by atoms with Gasteiger partial charge in [-0.3, -0.25) is 4.79 Å². The van der Waals surface area contributed by atoms with Crippen LogP contribution in [0.3, 0.4) is 0 Å². The SMILES string of the molecule is COc1cccc(-c2cc(C(F)F)nc(N3CCCC(C(=O)O)C3)n2)c1. The molecule has 1 aliphatic rings. The lowest BCUT2D eigenvalue weighted by molar-refractivity contribution is -0.141. The number of hydrogen-bond donors (Lipinski definition) is 1. The molecule has 1 saturated heterocycles. The molecule has 1 aromatic carbocycles. The van der Waals surface area contributed by atoms with Crippen LogP contribution in [0, 0.1) is 5.92 Å². The van der Waals surface area contributed by atoms with Crippen LogP contribution < -0.4 is 9.64 Å². The van der Waals surface area contributed by atoms with Crippen molar-refractivity contribution in [2.75, 3.05) is 25.1 Å². The number of anilines is 1. The zero-order valence-corrected chi connectivity index (χ0v) is 14.2. The van der Waals surface area contributed by atoms with Crippen molar-refractivity contribution in [3.05, 3.63) is 36.0 Å². The number of alkyl halides is 2. The van der Waals surface area contributed by atoms with Gasteiger partial charge in [0, 0.05) is 18.7 Å². The molecule has 8 heteroatoms. The Morgan fingerprint density at radius 3 is 2.85 bits per heavy atom. The van der Waals surface area contributed by atoms with Gasteiger partial charge in [0.2, 0.25) is 5.95 Å². The van der Waals surface area contributed by atoms with Gasteiger partial charge in [-0.2, -0.15) is 0 Å². The van der Waals surface area contributed by atoms with Crippen LogP contribution in [-0.2, 0) is 4.79 Å². The fourth-order valence-electron chi connectivity index (χ4n) is 3.00. The number of ether oxygens (including phenoxy) is 1. The number of nitrogens with zero attached hydrogens (tertiary/aromatic N) is 3. The maximum atomic E-state index is 13.3. The summed E-state index contributed by atoms with van der Waals surface area (Å²) in [7, 11) is 1.52. The lowest BCUT2D eigenvalue weighted by Crippen LogP contribution is -2.39. The van der Waals surface area contributed by atoms with E-state index in [1.807, 2.05) is 0 Å². The van der Waals surface area contributed by atoms with Gasteiger partial charge in [0.15, 0.2) is 0 Å². The van der Waals surface area contributed by atoms with Gasteiger partial charge in [-0.1, -0.05) is 12.1 Å². The van der Waals surface area contributed by atoms with Crippen molar-refractivity contribution in [2.45, 2.75) is 19.3 Å². The predicted molar refractivity (Wildman–Crippen MR) is 91.5 cm³/mol. The third-order valence-corrected chi connectivity index (χ3v) is 4.38. The summed E-state index contributed by atoms with van der Waals surface area (Å²) in [4.78, 5) is 21.3. The van der Waals surface area contributed by atoms with Crippen LogP contribution in [0.15, 0.2) is 30.3 Å². The number of carboxylic acids is 1. The summed E-state index contributed by atoms with van der Waals surface area (Å²) >= 11 is 0. The second-order valence-corrected chi connectivity index (χ2v) is 6.13. The van der Waals surface area contributed by atoms with E-state index in [1.165, 1.54) is 13.2 Å². The summed E-state index contributed by atoms with van der Waals surface area (Å²) in [6.07, 6.45) is -1.54. The fraction of sp³-hybridized carbons (Fsp3) is 0.389. The van der Waals surface area contributed by atoms with Gasteiger partial charge in [0.05, 0.1) is 18.7 Å². The van der Waals surface area contributed by atoms with Crippen LogP contribution in [0.25, 0.3) is 11.3 Å². The highest BCUT2D eigenvalue weighted by molar-refractivity contribution is 5.71. The number of carbonyl (C=O) groups is 1. The van der Waals surface area contributed by atoms with E-state index < -0.39 is 18.3 Å². The molecule has 1 unspecified atom stereocenters. The largest absolute Gasteiger partial charge is 0.497 e. The van der Waals surface area contributed by atoms with E-state index in [1.54, 1.807) is 29.2 Å². The van der Waals surface area contributed by atoms with Gasteiger partial charge >= 0.3 is 5.97 Å². The first-order valence-corrected chi connectivity index (χ1v) is 8.27. The van der Waals surface area contributed by atoms with Crippen molar-refractivity contribution in [3.63, 3.8) is 0 Å². The number of piperidine rings is 1. The Morgan fingerprint density at radius 1 is 1.35 bits per heavy atom. The molecule has 2 heterocycles. The Bertz CT molecular complexity index is 801. The molecule has 2 aromatic rings. The van der Waals surface area contributed by atoms with Gasteiger partial charge in [0.25, 0.3) is 6.43 Å². The normalized spacial score (nSPS) is 17.4. The molecule has 138 valence electrons. The van der Waals surface area contributed by atoms with Crippen LogP contribution in [0.4, 0.5) is 14.7 Å². The molecule has 1 fully saturated rings. The number of aliphatic carboxylic acids is 1. The number of hydrogen-bond acceptors (Lipinski definition) is 5. The first-order valence-electron chi connectivity index (χ1n) is 8.27. The highest BCUT2D eigenvalue weighted by Crippen LogP contribution is 2.29. The third kappa shape index (κ3) is 3.89. The average molecular weight is 363 g/mol. The zero-order chi connectivity index (χ0) is 18.7. The van der Waals surface area contributed by atoms with Gasteiger partial charge < -0.3 is 14.7 Å². The molecule has 0 radical (unpaired) electrons. The Hall–Kier alpha value is -2.77. The first kappa shape index (κ1) is 18.0. The van der Waals surface area contributed by atoms with Crippen LogP contribution in [0.5, 0.6) is 5.75 Å². The quantitative estimate of drug-likeness (QED) is 0.878. The number of benzene rings is 1. The number of aromatic nitrogens is 2. The molecular weight excluding hydrogens is 344 g/mol. The summed E-state index contributed by atoms with van der Waals surface area (Å²) < 4.78 is 31.8. The molecule has 1 aromatic heterocycles. The van der Waals surface area contributed by atoms with Gasteiger partial charge in [-0.25, -0.2) is 18.7 Å². The minimum atomic E-state index is -2.75. The monoisotopic (exact) mass is 363 g/mol. The van der Waals surface area contributed by atoms with Crippen LogP contribution in [0.2, 0.25) is 0 Å². The molecule has 26 heavy (non-hydrogen) atoms. The second kappa shape index (κ2) is 7.63. The van der Waals surface area contributed by atoms with E-state index in [0.717, 1.165) is 0 Å². The summed E-state index contributed by atoms with van der Waals surface area (Å²) in [5.74, 6) is -0.729. The van der Waals surface area contributed by atoms with Gasteiger partial charge in [-0.05, 0) is 31.0 Å². The molecule has 3 rings (SSSR count). The van der Waals surface area contributed by atoms with E-state index in [-0.39, 0.29) is 18.2 Å². The summed E-state index contributed by atoms with van der Waals surface area (Å²) in [6.45, 7) is 0.744. The van der Waals surface area contributed by atoms with Crippen molar-refractivity contribution in [1.82, 2.24) is 9.97 Å². The first-order chi connectivity index (χ1) is 12.5. The fourth-order valence-corrected chi connectivity index (χ4v) is 3.00. The van der Waals surface area contributed by atoms with E-state index in [4.69, 9.17) is 4.74 Å². The molecule has 0 amide bonds. The van der Waals surface area contributed by atoms with Crippen molar-refractivity contribution in [3.8, 4) is 17.0 Å². The Morgan fingerprint density at radius 2 is 2.15 bits per heavy atom. The Kier molecular flexibility index (Phi) is 5.29. The molecule has 1 N–H and O–H groups in total. The maximum absolute atomic E-state index is 13.3. The zero-order valence-electron chi connectivity index (χ0n) is 14.2. The van der Waals surface area contributed by atoms with E-state index in [9.17, 15) is 18.7 Å². The third-order valence-electron chi connectivity index (χ3n) is 4.38.